The van der Waals surface area contributed by atoms with E-state index in [-0.39, 0.29) is 21.1 Å². The maximum absolute atomic E-state index is 14.3. The molecule has 0 aliphatic carbocycles. The van der Waals surface area contributed by atoms with Crippen molar-refractivity contribution in [1.29, 1.82) is 0 Å². The number of carbonyl (C=O) groups is 1. The van der Waals surface area contributed by atoms with E-state index in [1.165, 1.54) is 4.31 Å². The van der Waals surface area contributed by atoms with Gasteiger partial charge in [0, 0.05) is 23.1 Å². The number of rotatable bonds is 4. The van der Waals surface area contributed by atoms with Crippen molar-refractivity contribution >= 4 is 37.5 Å². The molecule has 10 heteroatoms. The summed E-state index contributed by atoms with van der Waals surface area (Å²) in [6, 6.07) is 4.20. The summed E-state index contributed by atoms with van der Waals surface area (Å²) in [5.74, 6) is -3.94. The van der Waals surface area contributed by atoms with Gasteiger partial charge in [-0.05, 0) is 60.0 Å². The highest BCUT2D eigenvalue weighted by Gasteiger charge is 2.32. The molecule has 1 heterocycles. The molecule has 0 aromatic heterocycles. The second kappa shape index (κ2) is 8.45. The third-order valence-electron chi connectivity index (χ3n) is 4.78. The predicted molar refractivity (Wildman–Crippen MR) is 106 cm³/mol. The number of hydrogen-bond donors (Lipinski definition) is 1. The molecule has 0 spiro atoms. The summed E-state index contributed by atoms with van der Waals surface area (Å²) < 4.78 is 68.6. The summed E-state index contributed by atoms with van der Waals surface area (Å²) in [4.78, 5) is 12.3. The molecule has 1 unspecified atom stereocenters. The van der Waals surface area contributed by atoms with E-state index >= 15 is 0 Å². The van der Waals surface area contributed by atoms with Crippen LogP contribution in [0.4, 0.5) is 18.9 Å². The van der Waals surface area contributed by atoms with E-state index in [2.05, 4.69) is 21.2 Å². The van der Waals surface area contributed by atoms with Gasteiger partial charge in [-0.15, -0.1) is 0 Å². The number of piperidine rings is 1. The Morgan fingerprint density at radius 2 is 1.86 bits per heavy atom. The lowest BCUT2D eigenvalue weighted by molar-refractivity contribution is 0.102. The van der Waals surface area contributed by atoms with E-state index in [4.69, 9.17) is 0 Å². The Labute approximate surface area is 175 Å². The van der Waals surface area contributed by atoms with Crippen molar-refractivity contribution in [2.45, 2.75) is 37.1 Å². The molecule has 1 amide bonds. The molecule has 1 saturated heterocycles. The number of halogens is 4. The minimum absolute atomic E-state index is 0.0744. The molecule has 29 heavy (non-hydrogen) atoms. The van der Waals surface area contributed by atoms with Crippen LogP contribution < -0.4 is 5.32 Å². The van der Waals surface area contributed by atoms with E-state index in [0.29, 0.717) is 19.0 Å². The zero-order valence-electron chi connectivity index (χ0n) is 15.4. The highest BCUT2D eigenvalue weighted by Crippen LogP contribution is 2.29. The lowest BCUT2D eigenvalue weighted by atomic mass is 10.1. The summed E-state index contributed by atoms with van der Waals surface area (Å²) in [7, 11) is -3.93. The molecule has 1 N–H and O–H groups in total. The molecular formula is C19H18BrF3N2O3S. The minimum Gasteiger partial charge on any atom is -0.318 e. The van der Waals surface area contributed by atoms with Crippen molar-refractivity contribution in [3.8, 4) is 0 Å². The van der Waals surface area contributed by atoms with Crippen LogP contribution in [0, 0.1) is 17.5 Å². The van der Waals surface area contributed by atoms with Crippen molar-refractivity contribution in [3.63, 3.8) is 0 Å². The summed E-state index contributed by atoms with van der Waals surface area (Å²) in [6.45, 7) is 2.14. The van der Waals surface area contributed by atoms with E-state index in [9.17, 15) is 26.4 Å². The third-order valence-corrected chi connectivity index (χ3v) is 7.41. The van der Waals surface area contributed by atoms with Crippen LogP contribution in [0.3, 0.4) is 0 Å². The lowest BCUT2D eigenvalue weighted by Gasteiger charge is -2.32. The molecule has 1 aliphatic heterocycles. The van der Waals surface area contributed by atoms with Crippen LogP contribution >= 0.6 is 15.9 Å². The van der Waals surface area contributed by atoms with Crippen LogP contribution in [-0.2, 0) is 10.0 Å². The Hall–Kier alpha value is -1.91. The number of nitrogens with zero attached hydrogens (tertiary/aromatic N) is 1. The first-order valence-electron chi connectivity index (χ1n) is 8.88. The summed E-state index contributed by atoms with van der Waals surface area (Å²) >= 11 is 2.93. The number of hydrogen-bond acceptors (Lipinski definition) is 3. The van der Waals surface area contributed by atoms with Crippen molar-refractivity contribution < 1.29 is 26.4 Å². The molecular weight excluding hydrogens is 473 g/mol. The molecule has 0 saturated carbocycles. The first-order valence-corrected chi connectivity index (χ1v) is 11.1. The normalized spacial score (nSPS) is 17.9. The average molecular weight is 491 g/mol. The Balaban J connectivity index is 1.94. The van der Waals surface area contributed by atoms with E-state index in [0.717, 1.165) is 37.1 Å². The van der Waals surface area contributed by atoms with Crippen molar-refractivity contribution in [2.75, 3.05) is 11.9 Å². The number of anilines is 1. The molecule has 1 fully saturated rings. The predicted octanol–water partition coefficient (Wildman–Crippen LogP) is 4.68. The topological polar surface area (TPSA) is 66.5 Å². The fraction of sp³-hybridized carbons (Fsp3) is 0.316. The number of nitrogens with one attached hydrogen (secondary N) is 1. The number of amides is 1. The second-order valence-electron chi connectivity index (χ2n) is 6.80. The van der Waals surface area contributed by atoms with Gasteiger partial charge in [0.25, 0.3) is 5.91 Å². The Kier molecular flexibility index (Phi) is 6.35. The maximum Gasteiger partial charge on any atom is 0.258 e. The van der Waals surface area contributed by atoms with Crippen molar-refractivity contribution in [2.24, 2.45) is 0 Å². The molecule has 3 rings (SSSR count). The highest BCUT2D eigenvalue weighted by atomic mass is 79.9. The van der Waals surface area contributed by atoms with Gasteiger partial charge in [-0.2, -0.15) is 4.31 Å². The Bertz CT molecular complexity index is 1040. The maximum atomic E-state index is 14.3. The van der Waals surface area contributed by atoms with Crippen LogP contribution in [0.5, 0.6) is 0 Å². The van der Waals surface area contributed by atoms with Crippen molar-refractivity contribution in [1.82, 2.24) is 4.31 Å². The van der Waals surface area contributed by atoms with Gasteiger partial charge in [0.2, 0.25) is 10.0 Å². The van der Waals surface area contributed by atoms with Gasteiger partial charge in [-0.25, -0.2) is 21.6 Å². The van der Waals surface area contributed by atoms with Gasteiger partial charge in [0.15, 0.2) is 5.82 Å². The quantitative estimate of drug-likeness (QED) is 0.676. The number of carbonyl (C=O) groups excluding carboxylic acids is 1. The van der Waals surface area contributed by atoms with Crippen LogP contribution in [0.1, 0.15) is 36.5 Å². The molecule has 0 radical (unpaired) electrons. The standard InChI is InChI=1S/C19H18BrF3N2O3S/c1-11-4-2-3-7-25(11)29(27,28)13-5-6-16(22)14(10-13)19(26)24-18-15(20)8-12(21)9-17(18)23/h5-6,8-11H,2-4,7H2,1H3,(H,24,26). The first kappa shape index (κ1) is 21.8. The SMILES string of the molecule is CC1CCCCN1S(=O)(=O)c1ccc(F)c(C(=O)Nc2c(F)cc(F)cc2Br)c1. The lowest BCUT2D eigenvalue weighted by Crippen LogP contribution is -2.42. The largest absolute Gasteiger partial charge is 0.318 e. The number of sulfonamides is 1. The first-order chi connectivity index (χ1) is 13.6. The summed E-state index contributed by atoms with van der Waals surface area (Å²) in [6.07, 6.45) is 2.35. The summed E-state index contributed by atoms with van der Waals surface area (Å²) in [5, 5.41) is 2.15. The van der Waals surface area contributed by atoms with E-state index in [1.807, 2.05) is 0 Å². The van der Waals surface area contributed by atoms with Gasteiger partial charge in [-0.3, -0.25) is 4.79 Å². The van der Waals surface area contributed by atoms with Gasteiger partial charge >= 0.3 is 0 Å². The van der Waals surface area contributed by atoms with Gasteiger partial charge in [-0.1, -0.05) is 6.42 Å². The molecule has 5 nitrogen and oxygen atoms in total. The van der Waals surface area contributed by atoms with Crippen LogP contribution in [-0.4, -0.2) is 31.2 Å². The zero-order chi connectivity index (χ0) is 21.3. The summed E-state index contributed by atoms with van der Waals surface area (Å²) in [5.41, 5.74) is -0.944. The molecule has 2 aromatic rings. The molecule has 1 atom stereocenters. The second-order valence-corrected chi connectivity index (χ2v) is 9.55. The number of benzene rings is 2. The Morgan fingerprint density at radius 1 is 1.14 bits per heavy atom. The monoisotopic (exact) mass is 490 g/mol. The third kappa shape index (κ3) is 4.49. The van der Waals surface area contributed by atoms with Crippen molar-refractivity contribution in [3.05, 3.63) is 57.8 Å². The fourth-order valence-electron chi connectivity index (χ4n) is 3.25. The van der Waals surface area contributed by atoms with E-state index in [1.54, 1.807) is 6.92 Å². The zero-order valence-corrected chi connectivity index (χ0v) is 17.8. The average Bonchev–Trinajstić information content (AvgIpc) is 2.64. The molecule has 1 aliphatic rings. The molecule has 2 aromatic carbocycles. The smallest absolute Gasteiger partial charge is 0.258 e. The van der Waals surface area contributed by atoms with Gasteiger partial charge in [0.1, 0.15) is 11.6 Å². The van der Waals surface area contributed by atoms with Crippen LogP contribution in [0.2, 0.25) is 0 Å². The van der Waals surface area contributed by atoms with Gasteiger partial charge in [0.05, 0.1) is 16.1 Å². The molecule has 0 bridgehead atoms. The highest BCUT2D eigenvalue weighted by molar-refractivity contribution is 9.10. The van der Waals surface area contributed by atoms with Gasteiger partial charge < -0.3 is 5.32 Å². The molecule has 156 valence electrons. The van der Waals surface area contributed by atoms with Crippen LogP contribution in [0.15, 0.2) is 39.7 Å². The van der Waals surface area contributed by atoms with Crippen LogP contribution in [0.25, 0.3) is 0 Å². The van der Waals surface area contributed by atoms with E-state index < -0.39 is 38.9 Å². The fourth-order valence-corrected chi connectivity index (χ4v) is 5.48. The minimum atomic E-state index is -3.93. The Morgan fingerprint density at radius 3 is 2.52 bits per heavy atom.